The molecule has 2 heteroatoms. The molecule has 1 heterocycles. The Bertz CT molecular complexity index is 57.1. The molecular formula is C5H11N2-. The summed E-state index contributed by atoms with van der Waals surface area (Å²) in [4.78, 5) is 2.04. The maximum absolute atomic E-state index is 3.74. The quantitative estimate of drug-likeness (QED) is 0.453. The SMILES string of the molecule is [CH2-]N1CC(NC)C1. The van der Waals surface area contributed by atoms with E-state index in [0.717, 1.165) is 13.1 Å². The molecule has 1 aliphatic heterocycles. The lowest BCUT2D eigenvalue weighted by molar-refractivity contribution is 0.193. The van der Waals surface area contributed by atoms with E-state index in [9.17, 15) is 0 Å². The normalized spacial score (nSPS) is 24.9. The standard InChI is InChI=1S/C5H11N2/c1-6-5-3-7(2)4-5/h5-6H,2-4H2,1H3/q-1. The first-order valence-electron chi connectivity index (χ1n) is 2.55. The lowest BCUT2D eigenvalue weighted by Gasteiger charge is -2.42. The van der Waals surface area contributed by atoms with Gasteiger partial charge in [0.05, 0.1) is 0 Å². The van der Waals surface area contributed by atoms with Gasteiger partial charge in [-0.05, 0) is 20.1 Å². The van der Waals surface area contributed by atoms with Gasteiger partial charge in [-0.15, -0.1) is 0 Å². The molecular weight excluding hydrogens is 88.1 g/mol. The van der Waals surface area contributed by atoms with E-state index in [0.29, 0.717) is 6.04 Å². The average Bonchev–Trinajstić information content (AvgIpc) is 1.58. The Hall–Kier alpha value is -0.0800. The van der Waals surface area contributed by atoms with Crippen molar-refractivity contribution in [3.8, 4) is 0 Å². The van der Waals surface area contributed by atoms with Gasteiger partial charge in [-0.3, -0.25) is 7.05 Å². The van der Waals surface area contributed by atoms with Crippen LogP contribution < -0.4 is 5.32 Å². The van der Waals surface area contributed by atoms with Crippen molar-refractivity contribution >= 4 is 0 Å². The van der Waals surface area contributed by atoms with Crippen LogP contribution in [0.2, 0.25) is 0 Å². The van der Waals surface area contributed by atoms with Crippen molar-refractivity contribution in [3.05, 3.63) is 7.05 Å². The third kappa shape index (κ3) is 0.924. The molecule has 0 aliphatic carbocycles. The van der Waals surface area contributed by atoms with Crippen LogP contribution in [0.5, 0.6) is 0 Å². The molecule has 0 unspecified atom stereocenters. The third-order valence-corrected chi connectivity index (χ3v) is 1.37. The Morgan fingerprint density at radius 3 is 2.43 bits per heavy atom. The first-order valence-corrected chi connectivity index (χ1v) is 2.55. The van der Waals surface area contributed by atoms with Crippen molar-refractivity contribution in [2.24, 2.45) is 0 Å². The van der Waals surface area contributed by atoms with Gasteiger partial charge in [-0.25, -0.2) is 0 Å². The maximum atomic E-state index is 3.74. The fraction of sp³-hybridized carbons (Fsp3) is 0.800. The van der Waals surface area contributed by atoms with E-state index in [-0.39, 0.29) is 0 Å². The van der Waals surface area contributed by atoms with E-state index in [4.69, 9.17) is 0 Å². The number of likely N-dealkylation sites (tertiary alicyclic amines) is 1. The van der Waals surface area contributed by atoms with Crippen LogP contribution >= 0.6 is 0 Å². The first kappa shape index (κ1) is 5.06. The van der Waals surface area contributed by atoms with Crippen LogP contribution in [0, 0.1) is 7.05 Å². The molecule has 0 atom stereocenters. The molecule has 0 saturated carbocycles. The molecule has 1 rings (SSSR count). The third-order valence-electron chi connectivity index (χ3n) is 1.37. The number of hydrogen-bond donors (Lipinski definition) is 1. The summed E-state index contributed by atoms with van der Waals surface area (Å²) in [5.41, 5.74) is 0. The topological polar surface area (TPSA) is 15.3 Å². The summed E-state index contributed by atoms with van der Waals surface area (Å²) >= 11 is 0. The van der Waals surface area contributed by atoms with Crippen LogP contribution in [-0.4, -0.2) is 31.1 Å². The molecule has 0 amide bonds. The highest BCUT2D eigenvalue weighted by Crippen LogP contribution is 2.02. The highest BCUT2D eigenvalue weighted by Gasteiger charge is 2.14. The van der Waals surface area contributed by atoms with Gasteiger partial charge >= 0.3 is 0 Å². The largest absolute Gasteiger partial charge is 0.457 e. The lowest BCUT2D eigenvalue weighted by Crippen LogP contribution is -2.53. The van der Waals surface area contributed by atoms with E-state index in [2.05, 4.69) is 12.4 Å². The zero-order valence-corrected chi connectivity index (χ0v) is 4.65. The van der Waals surface area contributed by atoms with Gasteiger partial charge in [0.1, 0.15) is 0 Å². The van der Waals surface area contributed by atoms with Crippen LogP contribution in [0.3, 0.4) is 0 Å². The molecule has 0 aromatic heterocycles. The second kappa shape index (κ2) is 1.80. The Morgan fingerprint density at radius 2 is 2.29 bits per heavy atom. The smallest absolute Gasteiger partial charge is 0.0271 e. The molecule has 0 spiro atoms. The summed E-state index contributed by atoms with van der Waals surface area (Å²) in [5, 5.41) is 3.15. The van der Waals surface area contributed by atoms with Gasteiger partial charge in [-0.1, -0.05) is 0 Å². The van der Waals surface area contributed by atoms with Crippen LogP contribution in [0.25, 0.3) is 0 Å². The first-order chi connectivity index (χ1) is 3.33. The second-order valence-electron chi connectivity index (χ2n) is 2.02. The summed E-state index contributed by atoms with van der Waals surface area (Å²) in [6, 6.07) is 0.706. The number of nitrogens with zero attached hydrogens (tertiary/aromatic N) is 1. The summed E-state index contributed by atoms with van der Waals surface area (Å²) < 4.78 is 0. The highest BCUT2D eigenvalue weighted by atomic mass is 15.2. The molecule has 7 heavy (non-hydrogen) atoms. The molecule has 1 saturated heterocycles. The van der Waals surface area contributed by atoms with Crippen molar-refractivity contribution < 1.29 is 0 Å². The fourth-order valence-corrected chi connectivity index (χ4v) is 0.752. The zero-order chi connectivity index (χ0) is 5.28. The molecule has 0 aromatic carbocycles. The van der Waals surface area contributed by atoms with E-state index in [1.54, 1.807) is 0 Å². The lowest BCUT2D eigenvalue weighted by atomic mass is 10.1. The van der Waals surface area contributed by atoms with Crippen molar-refractivity contribution in [2.45, 2.75) is 6.04 Å². The number of rotatable bonds is 1. The van der Waals surface area contributed by atoms with Crippen LogP contribution in [-0.2, 0) is 0 Å². The predicted octanol–water partition coefficient (Wildman–Crippen LogP) is -0.318. The van der Waals surface area contributed by atoms with E-state index >= 15 is 0 Å². The van der Waals surface area contributed by atoms with Crippen molar-refractivity contribution in [1.82, 2.24) is 10.2 Å². The van der Waals surface area contributed by atoms with Crippen molar-refractivity contribution in [1.29, 1.82) is 0 Å². The summed E-state index contributed by atoms with van der Waals surface area (Å²) in [6.45, 7) is 2.22. The molecule has 42 valence electrons. The average molecular weight is 99.2 g/mol. The van der Waals surface area contributed by atoms with Crippen LogP contribution in [0.4, 0.5) is 0 Å². The van der Waals surface area contributed by atoms with Gasteiger partial charge in [0.15, 0.2) is 0 Å². The molecule has 0 bridgehead atoms. The second-order valence-corrected chi connectivity index (χ2v) is 2.02. The highest BCUT2D eigenvalue weighted by molar-refractivity contribution is 4.83. The maximum Gasteiger partial charge on any atom is 0.0271 e. The van der Waals surface area contributed by atoms with Crippen molar-refractivity contribution in [2.75, 3.05) is 20.1 Å². The molecule has 2 nitrogen and oxygen atoms in total. The minimum absolute atomic E-state index is 0.706. The van der Waals surface area contributed by atoms with Gasteiger partial charge in [0.25, 0.3) is 0 Å². The van der Waals surface area contributed by atoms with Crippen LogP contribution in [0.1, 0.15) is 0 Å². The van der Waals surface area contributed by atoms with Gasteiger partial charge in [0, 0.05) is 6.04 Å². The Balaban J connectivity index is 2.06. The fourth-order valence-electron chi connectivity index (χ4n) is 0.752. The molecule has 1 fully saturated rings. The minimum atomic E-state index is 0.706. The summed E-state index contributed by atoms with van der Waals surface area (Å²) in [6.07, 6.45) is 0. The van der Waals surface area contributed by atoms with E-state index in [1.807, 2.05) is 11.9 Å². The predicted molar refractivity (Wildman–Crippen MR) is 29.8 cm³/mol. The van der Waals surface area contributed by atoms with E-state index < -0.39 is 0 Å². The minimum Gasteiger partial charge on any atom is -0.457 e. The van der Waals surface area contributed by atoms with Gasteiger partial charge < -0.3 is 10.2 Å². The molecule has 1 aliphatic rings. The Morgan fingerprint density at radius 1 is 1.71 bits per heavy atom. The van der Waals surface area contributed by atoms with Crippen molar-refractivity contribution in [3.63, 3.8) is 0 Å². The zero-order valence-electron chi connectivity index (χ0n) is 4.65. The monoisotopic (exact) mass is 99.1 g/mol. The molecule has 1 N–H and O–H groups in total. The van der Waals surface area contributed by atoms with Gasteiger partial charge in [0.2, 0.25) is 0 Å². The number of likely N-dealkylation sites (N-methyl/N-ethyl adjacent to an activating group) is 1. The summed E-state index contributed by atoms with van der Waals surface area (Å²) in [7, 11) is 5.72. The van der Waals surface area contributed by atoms with E-state index in [1.165, 1.54) is 0 Å². The summed E-state index contributed by atoms with van der Waals surface area (Å²) in [5.74, 6) is 0. The number of hydrogen-bond acceptors (Lipinski definition) is 2. The molecule has 0 radical (unpaired) electrons. The Labute approximate surface area is 44.5 Å². The van der Waals surface area contributed by atoms with Gasteiger partial charge in [-0.2, -0.15) is 0 Å². The number of nitrogens with one attached hydrogen (secondary N) is 1. The Kier molecular flexibility index (Phi) is 1.30. The molecule has 0 aromatic rings. The van der Waals surface area contributed by atoms with Crippen LogP contribution in [0.15, 0.2) is 0 Å².